The first-order valence-corrected chi connectivity index (χ1v) is 9.45. The molecule has 1 N–H and O–H groups in total. The van der Waals surface area contributed by atoms with Crippen LogP contribution in [0.4, 0.5) is 5.69 Å². The van der Waals surface area contributed by atoms with Gasteiger partial charge in [0.05, 0.1) is 0 Å². The van der Waals surface area contributed by atoms with E-state index in [0.717, 1.165) is 18.0 Å². The van der Waals surface area contributed by atoms with Crippen molar-refractivity contribution < 1.29 is 9.47 Å². The lowest BCUT2D eigenvalue weighted by Gasteiger charge is -2.15. The maximum Gasteiger partial charge on any atom is 0.122 e. The average molecular weight is 361 g/mol. The SMILES string of the molecule is CC(C)c1ccccc1NCc1ccc(OCCOc2ccccc2)cc1. The second-order valence-corrected chi connectivity index (χ2v) is 6.75. The van der Waals surface area contributed by atoms with Crippen molar-refractivity contribution >= 4 is 5.69 Å². The molecular weight excluding hydrogens is 334 g/mol. The van der Waals surface area contributed by atoms with E-state index in [1.807, 2.05) is 42.5 Å². The van der Waals surface area contributed by atoms with Crippen LogP contribution in [0, 0.1) is 0 Å². The number of hydrogen-bond acceptors (Lipinski definition) is 3. The lowest BCUT2D eigenvalue weighted by molar-refractivity contribution is 0.217. The quantitative estimate of drug-likeness (QED) is 0.483. The minimum Gasteiger partial charge on any atom is -0.490 e. The highest BCUT2D eigenvalue weighted by Gasteiger charge is 2.05. The van der Waals surface area contributed by atoms with Crippen molar-refractivity contribution in [1.29, 1.82) is 0 Å². The second-order valence-electron chi connectivity index (χ2n) is 6.75. The summed E-state index contributed by atoms with van der Waals surface area (Å²) >= 11 is 0. The predicted molar refractivity (Wildman–Crippen MR) is 112 cm³/mol. The van der Waals surface area contributed by atoms with Crippen molar-refractivity contribution in [2.75, 3.05) is 18.5 Å². The Kier molecular flexibility index (Phi) is 6.75. The number of ether oxygens (including phenoxy) is 2. The van der Waals surface area contributed by atoms with Crippen molar-refractivity contribution in [3.63, 3.8) is 0 Å². The van der Waals surface area contributed by atoms with E-state index in [0.29, 0.717) is 19.1 Å². The van der Waals surface area contributed by atoms with Gasteiger partial charge in [0, 0.05) is 12.2 Å². The van der Waals surface area contributed by atoms with Crippen LogP contribution in [0.3, 0.4) is 0 Å². The Morgan fingerprint density at radius 1 is 0.704 bits per heavy atom. The smallest absolute Gasteiger partial charge is 0.122 e. The Morgan fingerprint density at radius 3 is 1.96 bits per heavy atom. The van der Waals surface area contributed by atoms with Crippen molar-refractivity contribution in [3.05, 3.63) is 90.0 Å². The fraction of sp³-hybridized carbons (Fsp3) is 0.250. The number of benzene rings is 3. The summed E-state index contributed by atoms with van der Waals surface area (Å²) in [5.74, 6) is 2.23. The fourth-order valence-electron chi connectivity index (χ4n) is 2.90. The normalized spacial score (nSPS) is 10.6. The van der Waals surface area contributed by atoms with Crippen LogP contribution in [0.15, 0.2) is 78.9 Å². The molecular formula is C24H27NO2. The lowest BCUT2D eigenvalue weighted by atomic mass is 10.0. The van der Waals surface area contributed by atoms with Crippen LogP contribution in [-0.2, 0) is 6.54 Å². The Bertz CT molecular complexity index is 813. The van der Waals surface area contributed by atoms with Gasteiger partial charge in [0.25, 0.3) is 0 Å². The summed E-state index contributed by atoms with van der Waals surface area (Å²) in [4.78, 5) is 0. The number of anilines is 1. The first kappa shape index (κ1) is 18.8. The van der Waals surface area contributed by atoms with Crippen molar-refractivity contribution in [2.24, 2.45) is 0 Å². The standard InChI is InChI=1S/C24H27NO2/c1-19(2)23-10-6-7-11-24(23)25-18-20-12-14-22(15-13-20)27-17-16-26-21-8-4-3-5-9-21/h3-15,19,25H,16-18H2,1-2H3. The molecule has 3 aromatic carbocycles. The van der Waals surface area contributed by atoms with Gasteiger partial charge >= 0.3 is 0 Å². The highest BCUT2D eigenvalue weighted by Crippen LogP contribution is 2.24. The number of para-hydroxylation sites is 2. The highest BCUT2D eigenvalue weighted by atomic mass is 16.5. The number of nitrogens with one attached hydrogen (secondary N) is 1. The van der Waals surface area contributed by atoms with Gasteiger partial charge in [-0.2, -0.15) is 0 Å². The molecule has 0 radical (unpaired) electrons. The zero-order valence-electron chi connectivity index (χ0n) is 16.0. The summed E-state index contributed by atoms with van der Waals surface area (Å²) in [5.41, 5.74) is 3.77. The average Bonchev–Trinajstić information content (AvgIpc) is 2.71. The van der Waals surface area contributed by atoms with Gasteiger partial charge in [-0.05, 0) is 47.4 Å². The third-order valence-corrected chi connectivity index (χ3v) is 4.35. The van der Waals surface area contributed by atoms with E-state index in [4.69, 9.17) is 9.47 Å². The van der Waals surface area contributed by atoms with E-state index in [9.17, 15) is 0 Å². The Balaban J connectivity index is 1.45. The van der Waals surface area contributed by atoms with Gasteiger partial charge in [0.2, 0.25) is 0 Å². The molecule has 0 aliphatic rings. The summed E-state index contributed by atoms with van der Waals surface area (Å²) in [6, 6.07) is 26.5. The predicted octanol–water partition coefficient (Wildman–Crippen LogP) is 5.88. The first-order chi connectivity index (χ1) is 13.2. The minimum atomic E-state index is 0.502. The first-order valence-electron chi connectivity index (χ1n) is 9.45. The largest absolute Gasteiger partial charge is 0.490 e. The van der Waals surface area contributed by atoms with Gasteiger partial charge in [-0.25, -0.2) is 0 Å². The van der Waals surface area contributed by atoms with Crippen LogP contribution in [0.5, 0.6) is 11.5 Å². The van der Waals surface area contributed by atoms with Crippen LogP contribution in [-0.4, -0.2) is 13.2 Å². The van der Waals surface area contributed by atoms with Crippen LogP contribution in [0.1, 0.15) is 30.9 Å². The van der Waals surface area contributed by atoms with E-state index >= 15 is 0 Å². The van der Waals surface area contributed by atoms with Gasteiger partial charge in [-0.15, -0.1) is 0 Å². The maximum atomic E-state index is 5.75. The molecule has 0 spiro atoms. The molecule has 3 aromatic rings. The van der Waals surface area contributed by atoms with E-state index < -0.39 is 0 Å². The molecule has 0 amide bonds. The second kappa shape index (κ2) is 9.67. The van der Waals surface area contributed by atoms with E-state index in [2.05, 4.69) is 55.6 Å². The Hall–Kier alpha value is -2.94. The highest BCUT2D eigenvalue weighted by molar-refractivity contribution is 5.52. The molecule has 0 saturated heterocycles. The molecule has 3 rings (SSSR count). The lowest BCUT2D eigenvalue weighted by Crippen LogP contribution is -2.09. The molecule has 0 aliphatic heterocycles. The molecule has 27 heavy (non-hydrogen) atoms. The van der Waals surface area contributed by atoms with Gasteiger partial charge in [-0.1, -0.05) is 62.4 Å². The molecule has 0 aliphatic carbocycles. The Labute approximate surface area is 162 Å². The summed E-state index contributed by atoms with van der Waals surface area (Å²) in [6.45, 7) is 6.27. The molecule has 0 saturated carbocycles. The fourth-order valence-corrected chi connectivity index (χ4v) is 2.90. The van der Waals surface area contributed by atoms with Gasteiger partial charge in [-0.3, -0.25) is 0 Å². The third-order valence-electron chi connectivity index (χ3n) is 4.35. The van der Waals surface area contributed by atoms with Crippen LogP contribution in [0.25, 0.3) is 0 Å². The molecule has 0 heterocycles. The summed E-state index contributed by atoms with van der Waals surface area (Å²) < 4.78 is 11.4. The van der Waals surface area contributed by atoms with E-state index in [-0.39, 0.29) is 0 Å². The zero-order chi connectivity index (χ0) is 18.9. The molecule has 3 heteroatoms. The molecule has 0 unspecified atom stereocenters. The topological polar surface area (TPSA) is 30.5 Å². The van der Waals surface area contributed by atoms with E-state index in [1.54, 1.807) is 0 Å². The van der Waals surface area contributed by atoms with Crippen LogP contribution < -0.4 is 14.8 Å². The van der Waals surface area contributed by atoms with Crippen LogP contribution in [0.2, 0.25) is 0 Å². The van der Waals surface area contributed by atoms with Crippen molar-refractivity contribution in [1.82, 2.24) is 0 Å². The number of hydrogen-bond donors (Lipinski definition) is 1. The van der Waals surface area contributed by atoms with Gasteiger partial charge in [0.15, 0.2) is 0 Å². The molecule has 3 nitrogen and oxygen atoms in total. The van der Waals surface area contributed by atoms with Crippen molar-refractivity contribution in [2.45, 2.75) is 26.3 Å². The van der Waals surface area contributed by atoms with Crippen LogP contribution >= 0.6 is 0 Å². The molecule has 140 valence electrons. The van der Waals surface area contributed by atoms with E-state index in [1.165, 1.54) is 16.8 Å². The maximum absolute atomic E-state index is 5.75. The summed E-state index contributed by atoms with van der Waals surface area (Å²) in [7, 11) is 0. The summed E-state index contributed by atoms with van der Waals surface area (Å²) in [5, 5.41) is 3.54. The Morgan fingerprint density at radius 2 is 1.30 bits per heavy atom. The molecule has 0 bridgehead atoms. The molecule has 0 atom stereocenters. The summed E-state index contributed by atoms with van der Waals surface area (Å²) in [6.07, 6.45) is 0. The zero-order valence-corrected chi connectivity index (χ0v) is 16.0. The molecule has 0 aromatic heterocycles. The van der Waals surface area contributed by atoms with Crippen molar-refractivity contribution in [3.8, 4) is 11.5 Å². The minimum absolute atomic E-state index is 0.502. The third kappa shape index (κ3) is 5.78. The van der Waals surface area contributed by atoms with Gasteiger partial charge in [0.1, 0.15) is 24.7 Å². The molecule has 0 fully saturated rings. The van der Waals surface area contributed by atoms with Gasteiger partial charge < -0.3 is 14.8 Å². The monoisotopic (exact) mass is 361 g/mol. The number of rotatable bonds is 9.